The summed E-state index contributed by atoms with van der Waals surface area (Å²) in [6, 6.07) is 7.25. The molecule has 1 saturated heterocycles. The summed E-state index contributed by atoms with van der Waals surface area (Å²) in [6.07, 6.45) is -5.77. The number of nitrogens with zero attached hydrogens (tertiary/aromatic N) is 1. The zero-order valence-corrected chi connectivity index (χ0v) is 18.1. The van der Waals surface area contributed by atoms with Crippen LogP contribution in [0.2, 0.25) is 19.6 Å². The molecule has 0 saturated carbocycles. The Morgan fingerprint density at radius 3 is 2.25 bits per heavy atom. The van der Waals surface area contributed by atoms with Crippen molar-refractivity contribution in [3.63, 3.8) is 0 Å². The third-order valence-electron chi connectivity index (χ3n) is 3.99. The molecule has 0 N–H and O–H groups in total. The van der Waals surface area contributed by atoms with E-state index in [0.29, 0.717) is 5.56 Å². The van der Waals surface area contributed by atoms with Crippen LogP contribution in [0.15, 0.2) is 30.3 Å². The predicted molar refractivity (Wildman–Crippen MR) is 101 cm³/mol. The minimum absolute atomic E-state index is 0.0793. The highest BCUT2D eigenvalue weighted by Crippen LogP contribution is 2.46. The first-order chi connectivity index (χ1) is 12.6. The van der Waals surface area contributed by atoms with Crippen LogP contribution in [0.4, 0.5) is 18.0 Å². The molecule has 1 fully saturated rings. The number of alkyl halides is 3. The van der Waals surface area contributed by atoms with Crippen LogP contribution in [-0.4, -0.2) is 49.6 Å². The monoisotopic (exact) mass is 419 g/mol. The summed E-state index contributed by atoms with van der Waals surface area (Å²) >= 11 is 0. The van der Waals surface area contributed by atoms with Gasteiger partial charge in [0, 0.05) is 0 Å². The van der Waals surface area contributed by atoms with Gasteiger partial charge in [-0.2, -0.15) is 13.2 Å². The highest BCUT2D eigenvalue weighted by Gasteiger charge is 2.69. The first-order valence-electron chi connectivity index (χ1n) is 9.09. The standard InChI is InChI=1S/C19H28F3NO4Si/c1-17(2,3)26-16(24)23-13-25-18(19(20,21)22,27-28(4,5)6)15(23)12-14-10-8-7-9-11-14/h7-11,15H,12-13H2,1-6H3/t15-,18-/m0/s1. The van der Waals surface area contributed by atoms with Gasteiger partial charge in [0.1, 0.15) is 18.4 Å². The Bertz CT molecular complexity index is 685. The lowest BCUT2D eigenvalue weighted by Crippen LogP contribution is -2.62. The van der Waals surface area contributed by atoms with Crippen molar-refractivity contribution in [2.75, 3.05) is 6.73 Å². The van der Waals surface area contributed by atoms with E-state index < -0.39 is 44.7 Å². The molecule has 2 atom stereocenters. The van der Waals surface area contributed by atoms with Crippen molar-refractivity contribution in [1.82, 2.24) is 4.90 Å². The molecule has 0 radical (unpaired) electrons. The SMILES string of the molecule is CC(C)(C)OC(=O)N1CO[C@@](O[Si](C)(C)C)(C(F)(F)F)[C@@H]1Cc1ccccc1. The summed E-state index contributed by atoms with van der Waals surface area (Å²) in [5.41, 5.74) is -0.211. The molecule has 0 aliphatic carbocycles. The van der Waals surface area contributed by atoms with Crippen molar-refractivity contribution in [2.45, 2.75) is 70.4 Å². The van der Waals surface area contributed by atoms with Gasteiger partial charge < -0.3 is 13.9 Å². The smallest absolute Gasteiger partial charge is 0.444 e. The van der Waals surface area contributed by atoms with E-state index in [0.717, 1.165) is 4.90 Å². The number of hydrogen-bond donors (Lipinski definition) is 0. The maximum absolute atomic E-state index is 14.3. The summed E-state index contributed by atoms with van der Waals surface area (Å²) in [7, 11) is -2.70. The van der Waals surface area contributed by atoms with E-state index in [4.69, 9.17) is 13.9 Å². The molecule has 1 amide bonds. The Morgan fingerprint density at radius 2 is 1.79 bits per heavy atom. The minimum Gasteiger partial charge on any atom is -0.444 e. The Morgan fingerprint density at radius 1 is 1.21 bits per heavy atom. The largest absolute Gasteiger partial charge is 0.444 e. The molecule has 1 heterocycles. The van der Waals surface area contributed by atoms with Crippen LogP contribution < -0.4 is 0 Å². The van der Waals surface area contributed by atoms with Crippen molar-refractivity contribution < 1.29 is 31.9 Å². The van der Waals surface area contributed by atoms with Crippen LogP contribution in [0.25, 0.3) is 0 Å². The summed E-state index contributed by atoms with van der Waals surface area (Å²) in [4.78, 5) is 13.6. The Balaban J connectivity index is 2.49. The fraction of sp³-hybridized carbons (Fsp3) is 0.632. The van der Waals surface area contributed by atoms with E-state index in [2.05, 4.69) is 0 Å². The highest BCUT2D eigenvalue weighted by molar-refractivity contribution is 6.69. The molecule has 0 bridgehead atoms. The highest BCUT2D eigenvalue weighted by atomic mass is 28.4. The number of amides is 1. The Labute approximate surface area is 164 Å². The second-order valence-electron chi connectivity index (χ2n) is 8.81. The van der Waals surface area contributed by atoms with Crippen LogP contribution in [0, 0.1) is 0 Å². The first-order valence-corrected chi connectivity index (χ1v) is 12.5. The van der Waals surface area contributed by atoms with E-state index >= 15 is 0 Å². The molecule has 0 spiro atoms. The number of halogens is 3. The van der Waals surface area contributed by atoms with Gasteiger partial charge in [-0.25, -0.2) is 4.79 Å². The van der Waals surface area contributed by atoms with E-state index in [1.165, 1.54) is 0 Å². The van der Waals surface area contributed by atoms with Gasteiger partial charge in [0.15, 0.2) is 8.32 Å². The van der Waals surface area contributed by atoms with Crippen LogP contribution >= 0.6 is 0 Å². The fourth-order valence-corrected chi connectivity index (χ4v) is 4.24. The summed E-state index contributed by atoms with van der Waals surface area (Å²) in [5.74, 6) is -2.90. The van der Waals surface area contributed by atoms with Gasteiger partial charge in [0.05, 0.1) is 0 Å². The van der Waals surface area contributed by atoms with E-state index in [1.54, 1.807) is 70.7 Å². The molecule has 9 heteroatoms. The van der Waals surface area contributed by atoms with Crippen LogP contribution in [0.5, 0.6) is 0 Å². The Hall–Kier alpha value is -1.58. The average molecular weight is 420 g/mol. The maximum atomic E-state index is 14.3. The van der Waals surface area contributed by atoms with Gasteiger partial charge in [-0.3, -0.25) is 4.90 Å². The quantitative estimate of drug-likeness (QED) is 0.649. The zero-order valence-electron chi connectivity index (χ0n) is 17.1. The molecule has 158 valence electrons. The zero-order chi connectivity index (χ0) is 21.4. The summed E-state index contributed by atoms with van der Waals surface area (Å²) < 4.78 is 58.9. The van der Waals surface area contributed by atoms with Gasteiger partial charge in [0.2, 0.25) is 0 Å². The van der Waals surface area contributed by atoms with E-state index in [1.807, 2.05) is 0 Å². The number of benzene rings is 1. The molecule has 1 aliphatic rings. The van der Waals surface area contributed by atoms with Gasteiger partial charge in [-0.15, -0.1) is 0 Å². The van der Waals surface area contributed by atoms with Crippen LogP contribution in [0.1, 0.15) is 26.3 Å². The topological polar surface area (TPSA) is 48.0 Å². The molecule has 5 nitrogen and oxygen atoms in total. The number of carbonyl (C=O) groups excluding carboxylic acids is 1. The van der Waals surface area contributed by atoms with Gasteiger partial charge in [-0.1, -0.05) is 30.3 Å². The first kappa shape index (κ1) is 22.7. The van der Waals surface area contributed by atoms with Crippen LogP contribution in [-0.2, 0) is 20.3 Å². The molecule has 1 aromatic rings. The second kappa shape index (κ2) is 7.68. The normalized spacial score (nSPS) is 23.8. The van der Waals surface area contributed by atoms with Gasteiger partial charge >= 0.3 is 12.3 Å². The molecule has 28 heavy (non-hydrogen) atoms. The Kier molecular flexibility index (Phi) is 6.23. The lowest BCUT2D eigenvalue weighted by atomic mass is 9.97. The number of hydrogen-bond acceptors (Lipinski definition) is 4. The van der Waals surface area contributed by atoms with Crippen molar-refractivity contribution in [2.24, 2.45) is 0 Å². The molecular formula is C19H28F3NO4Si. The van der Waals surface area contributed by atoms with Gasteiger partial charge in [-0.05, 0) is 52.4 Å². The second-order valence-corrected chi connectivity index (χ2v) is 13.2. The lowest BCUT2D eigenvalue weighted by molar-refractivity contribution is -0.345. The van der Waals surface area contributed by atoms with Crippen molar-refractivity contribution in [3.05, 3.63) is 35.9 Å². The molecule has 0 aromatic heterocycles. The predicted octanol–water partition coefficient (Wildman–Crippen LogP) is 4.93. The minimum atomic E-state index is -4.83. The maximum Gasteiger partial charge on any atom is 0.444 e. The number of carbonyl (C=O) groups is 1. The van der Waals surface area contributed by atoms with Gasteiger partial charge in [0.25, 0.3) is 5.79 Å². The van der Waals surface area contributed by atoms with Crippen molar-refractivity contribution >= 4 is 14.4 Å². The number of ether oxygens (including phenoxy) is 2. The molecule has 1 aliphatic heterocycles. The lowest BCUT2D eigenvalue weighted by Gasteiger charge is -2.41. The van der Waals surface area contributed by atoms with Crippen molar-refractivity contribution in [3.8, 4) is 0 Å². The third kappa shape index (κ3) is 5.27. The van der Waals surface area contributed by atoms with E-state index in [-0.39, 0.29) is 6.42 Å². The molecule has 0 unspecified atom stereocenters. The molecule has 1 aromatic carbocycles. The van der Waals surface area contributed by atoms with Crippen molar-refractivity contribution in [1.29, 1.82) is 0 Å². The summed E-state index contributed by atoms with van der Waals surface area (Å²) in [6.45, 7) is 9.37. The van der Waals surface area contributed by atoms with E-state index in [9.17, 15) is 18.0 Å². The van der Waals surface area contributed by atoms with Crippen LogP contribution in [0.3, 0.4) is 0 Å². The molecular weight excluding hydrogens is 391 g/mol. The molecule has 2 rings (SSSR count). The third-order valence-corrected chi connectivity index (χ3v) is 4.90. The fourth-order valence-electron chi connectivity index (χ4n) is 3.02. The summed E-state index contributed by atoms with van der Waals surface area (Å²) in [5, 5.41) is 0. The average Bonchev–Trinajstić information content (AvgIpc) is 2.84. The number of rotatable bonds is 4.